The molecule has 0 aliphatic carbocycles. The van der Waals surface area contributed by atoms with E-state index in [2.05, 4.69) is 30.2 Å². The van der Waals surface area contributed by atoms with Gasteiger partial charge in [0.2, 0.25) is 0 Å². The summed E-state index contributed by atoms with van der Waals surface area (Å²) >= 11 is 12.2. The van der Waals surface area contributed by atoms with Gasteiger partial charge in [-0.1, -0.05) is 23.2 Å². The third-order valence-corrected chi connectivity index (χ3v) is 3.88. The van der Waals surface area contributed by atoms with E-state index in [1.807, 2.05) is 19.9 Å². The number of nitrogens with zero attached hydrogens (tertiary/aromatic N) is 1. The van der Waals surface area contributed by atoms with E-state index in [4.69, 9.17) is 23.2 Å². The number of pyridine rings is 1. The maximum Gasteiger partial charge on any atom is 0.0638 e. The number of hydrogen-bond acceptors (Lipinski definition) is 2. The molecule has 1 unspecified atom stereocenters. The van der Waals surface area contributed by atoms with Crippen molar-refractivity contribution in [3.05, 3.63) is 56.8 Å². The zero-order chi connectivity index (χ0) is 14.9. The van der Waals surface area contributed by atoms with Gasteiger partial charge in [0.1, 0.15) is 0 Å². The summed E-state index contributed by atoms with van der Waals surface area (Å²) in [7, 11) is 0. The Hall–Kier alpha value is -1.25. The van der Waals surface area contributed by atoms with Crippen LogP contribution in [0.25, 0.3) is 0 Å². The fraction of sp³-hybridized carbons (Fsp3) is 0.312. The summed E-state index contributed by atoms with van der Waals surface area (Å²) in [6, 6.07) is 7.63. The first-order valence-electron chi connectivity index (χ1n) is 6.55. The molecule has 1 aromatic carbocycles. The Morgan fingerprint density at radius 1 is 1.10 bits per heavy atom. The fourth-order valence-corrected chi connectivity index (χ4v) is 2.95. The first-order chi connectivity index (χ1) is 9.38. The van der Waals surface area contributed by atoms with Crippen molar-refractivity contribution in [2.45, 2.75) is 33.7 Å². The molecule has 0 saturated carbocycles. The first-order valence-corrected chi connectivity index (χ1v) is 7.30. The predicted molar refractivity (Wildman–Crippen MR) is 86.9 cm³/mol. The third-order valence-electron chi connectivity index (χ3n) is 3.32. The quantitative estimate of drug-likeness (QED) is 0.811. The molecule has 0 saturated heterocycles. The summed E-state index contributed by atoms with van der Waals surface area (Å²) in [5, 5.41) is 4.74. The van der Waals surface area contributed by atoms with Crippen molar-refractivity contribution in [1.29, 1.82) is 0 Å². The predicted octanol–water partition coefficient (Wildman–Crippen LogP) is 5.49. The van der Waals surface area contributed by atoms with E-state index in [0.717, 1.165) is 17.1 Å². The van der Waals surface area contributed by atoms with Crippen molar-refractivity contribution in [2.24, 2.45) is 0 Å². The molecule has 0 radical (unpaired) electrons. The van der Waals surface area contributed by atoms with Gasteiger partial charge in [0.05, 0.1) is 16.8 Å². The van der Waals surface area contributed by atoms with Crippen LogP contribution < -0.4 is 5.32 Å². The van der Waals surface area contributed by atoms with Gasteiger partial charge in [-0.25, -0.2) is 0 Å². The molecule has 106 valence electrons. The Kier molecular flexibility index (Phi) is 4.56. The van der Waals surface area contributed by atoms with Crippen molar-refractivity contribution in [3.8, 4) is 0 Å². The van der Waals surface area contributed by atoms with Crippen LogP contribution in [0.15, 0.2) is 24.3 Å². The fourth-order valence-electron chi connectivity index (χ4n) is 2.60. The van der Waals surface area contributed by atoms with Crippen molar-refractivity contribution in [1.82, 2.24) is 4.98 Å². The van der Waals surface area contributed by atoms with Gasteiger partial charge in [0.15, 0.2) is 0 Å². The monoisotopic (exact) mass is 308 g/mol. The summed E-state index contributed by atoms with van der Waals surface area (Å²) < 4.78 is 0. The minimum atomic E-state index is 0.110. The number of aromatic nitrogens is 1. The average Bonchev–Trinajstić information content (AvgIpc) is 2.32. The first kappa shape index (κ1) is 15.1. The van der Waals surface area contributed by atoms with Gasteiger partial charge in [-0.3, -0.25) is 4.98 Å². The van der Waals surface area contributed by atoms with Gasteiger partial charge in [-0.15, -0.1) is 0 Å². The number of aryl methyl sites for hydroxylation is 3. The topological polar surface area (TPSA) is 24.9 Å². The van der Waals surface area contributed by atoms with Gasteiger partial charge in [0, 0.05) is 16.4 Å². The third kappa shape index (κ3) is 3.25. The molecule has 1 atom stereocenters. The maximum atomic E-state index is 6.20. The maximum absolute atomic E-state index is 6.20. The lowest BCUT2D eigenvalue weighted by Gasteiger charge is -2.21. The molecule has 1 N–H and O–H groups in total. The smallest absolute Gasteiger partial charge is 0.0638 e. The zero-order valence-corrected chi connectivity index (χ0v) is 13.6. The molecule has 0 fully saturated rings. The largest absolute Gasteiger partial charge is 0.377 e. The Bertz CT molecular complexity index is 615. The van der Waals surface area contributed by atoms with Gasteiger partial charge in [-0.2, -0.15) is 0 Å². The van der Waals surface area contributed by atoms with E-state index in [1.54, 1.807) is 12.1 Å². The lowest BCUT2D eigenvalue weighted by Crippen LogP contribution is -2.12. The molecule has 4 heteroatoms. The van der Waals surface area contributed by atoms with Crippen molar-refractivity contribution in [2.75, 3.05) is 5.32 Å². The average molecular weight is 309 g/mol. The summed E-state index contributed by atoms with van der Waals surface area (Å²) in [5.74, 6) is 0. The summed E-state index contributed by atoms with van der Waals surface area (Å²) in [5.41, 5.74) is 5.35. The Morgan fingerprint density at radius 3 is 2.45 bits per heavy atom. The van der Waals surface area contributed by atoms with Crippen LogP contribution in [-0.2, 0) is 0 Å². The number of rotatable bonds is 3. The number of halogens is 2. The summed E-state index contributed by atoms with van der Waals surface area (Å²) in [6.45, 7) is 8.25. The SMILES string of the molecule is Cc1cc(C)c(C(C)Nc2cc(Cl)ccc2Cl)c(C)n1. The van der Waals surface area contributed by atoms with E-state index in [0.29, 0.717) is 10.0 Å². The molecule has 20 heavy (non-hydrogen) atoms. The van der Waals surface area contributed by atoms with Crippen molar-refractivity contribution in [3.63, 3.8) is 0 Å². The van der Waals surface area contributed by atoms with E-state index in [9.17, 15) is 0 Å². The highest BCUT2D eigenvalue weighted by molar-refractivity contribution is 6.35. The molecular formula is C16H18Cl2N2. The van der Waals surface area contributed by atoms with Gasteiger partial charge in [-0.05, 0) is 63.1 Å². The van der Waals surface area contributed by atoms with E-state index in [-0.39, 0.29) is 6.04 Å². The van der Waals surface area contributed by atoms with Gasteiger partial charge < -0.3 is 5.32 Å². The van der Waals surface area contributed by atoms with Crippen LogP contribution >= 0.6 is 23.2 Å². The van der Waals surface area contributed by atoms with Crippen molar-refractivity contribution >= 4 is 28.9 Å². The van der Waals surface area contributed by atoms with Gasteiger partial charge in [0.25, 0.3) is 0 Å². The lowest BCUT2D eigenvalue weighted by molar-refractivity contribution is 0.843. The molecule has 0 aliphatic rings. The molecule has 2 nitrogen and oxygen atoms in total. The molecular weight excluding hydrogens is 291 g/mol. The Morgan fingerprint density at radius 2 is 1.80 bits per heavy atom. The molecule has 2 aromatic rings. The minimum Gasteiger partial charge on any atom is -0.377 e. The van der Waals surface area contributed by atoms with Crippen LogP contribution in [0.4, 0.5) is 5.69 Å². The lowest BCUT2D eigenvalue weighted by atomic mass is 10.00. The normalized spacial score (nSPS) is 12.3. The second-order valence-electron chi connectivity index (χ2n) is 5.07. The van der Waals surface area contributed by atoms with Crippen LogP contribution in [0.3, 0.4) is 0 Å². The Labute approximate surface area is 130 Å². The zero-order valence-electron chi connectivity index (χ0n) is 12.1. The summed E-state index contributed by atoms with van der Waals surface area (Å²) in [4.78, 5) is 4.54. The number of anilines is 1. The molecule has 1 aromatic heterocycles. The second-order valence-corrected chi connectivity index (χ2v) is 5.91. The van der Waals surface area contributed by atoms with E-state index in [1.165, 1.54) is 11.1 Å². The van der Waals surface area contributed by atoms with Gasteiger partial charge >= 0.3 is 0 Å². The van der Waals surface area contributed by atoms with Crippen LogP contribution in [0.2, 0.25) is 10.0 Å². The van der Waals surface area contributed by atoms with Crippen LogP contribution in [0.1, 0.15) is 35.5 Å². The van der Waals surface area contributed by atoms with Crippen LogP contribution in [0, 0.1) is 20.8 Å². The van der Waals surface area contributed by atoms with Crippen molar-refractivity contribution < 1.29 is 0 Å². The second kappa shape index (κ2) is 6.02. The van der Waals surface area contributed by atoms with Crippen LogP contribution in [-0.4, -0.2) is 4.98 Å². The molecule has 0 bridgehead atoms. The molecule has 0 spiro atoms. The highest BCUT2D eigenvalue weighted by Gasteiger charge is 2.14. The molecule has 0 amide bonds. The standard InChI is InChI=1S/C16H18Cl2N2/c1-9-7-10(2)19-11(3)16(9)12(4)20-15-8-13(17)5-6-14(15)18/h5-8,12,20H,1-4H3. The Balaban J connectivity index is 2.33. The summed E-state index contributed by atoms with van der Waals surface area (Å²) in [6.07, 6.45) is 0. The number of benzene rings is 1. The molecule has 1 heterocycles. The minimum absolute atomic E-state index is 0.110. The van der Waals surface area contributed by atoms with E-state index >= 15 is 0 Å². The van der Waals surface area contributed by atoms with Crippen LogP contribution in [0.5, 0.6) is 0 Å². The number of hydrogen-bond donors (Lipinski definition) is 1. The van der Waals surface area contributed by atoms with E-state index < -0.39 is 0 Å². The molecule has 2 rings (SSSR count). The number of nitrogens with one attached hydrogen (secondary N) is 1. The molecule has 0 aliphatic heterocycles. The highest BCUT2D eigenvalue weighted by atomic mass is 35.5. The highest BCUT2D eigenvalue weighted by Crippen LogP contribution is 2.30.